The summed E-state index contributed by atoms with van der Waals surface area (Å²) in [5.41, 5.74) is 1.54. The fourth-order valence-corrected chi connectivity index (χ4v) is 3.49. The highest BCUT2D eigenvalue weighted by Gasteiger charge is 2.06. The molecule has 0 bridgehead atoms. The Morgan fingerprint density at radius 3 is 1.76 bits per heavy atom. The van der Waals surface area contributed by atoms with Crippen LogP contribution in [-0.4, -0.2) is 5.33 Å². The van der Waals surface area contributed by atoms with Gasteiger partial charge >= 0.3 is 0 Å². The van der Waals surface area contributed by atoms with Gasteiger partial charge < -0.3 is 0 Å². The van der Waals surface area contributed by atoms with Crippen molar-refractivity contribution in [3.05, 3.63) is 11.6 Å². The summed E-state index contributed by atoms with van der Waals surface area (Å²) in [4.78, 5) is 0. The highest BCUT2D eigenvalue weighted by molar-refractivity contribution is 9.09. The fourth-order valence-electron chi connectivity index (χ4n) is 2.94. The Morgan fingerprint density at radius 1 is 0.810 bits per heavy atom. The molecule has 0 unspecified atom stereocenters. The van der Waals surface area contributed by atoms with Crippen LogP contribution in [0.5, 0.6) is 0 Å². The van der Waals surface area contributed by atoms with Gasteiger partial charge in [-0.25, -0.2) is 0 Å². The van der Waals surface area contributed by atoms with Crippen molar-refractivity contribution < 1.29 is 0 Å². The van der Waals surface area contributed by atoms with E-state index in [2.05, 4.69) is 56.6 Å². The predicted octanol–water partition coefficient (Wildman–Crippen LogP) is 7.77. The molecule has 0 aliphatic rings. The maximum absolute atomic E-state index is 3.47. The second kappa shape index (κ2) is 13.9. The Balaban J connectivity index is 3.52. The van der Waals surface area contributed by atoms with Gasteiger partial charge in [0.1, 0.15) is 0 Å². The van der Waals surface area contributed by atoms with Crippen LogP contribution in [0.4, 0.5) is 0 Å². The van der Waals surface area contributed by atoms with E-state index in [1.807, 2.05) is 0 Å². The predicted molar refractivity (Wildman–Crippen MR) is 102 cm³/mol. The lowest BCUT2D eigenvalue weighted by molar-refractivity contribution is 0.389. The van der Waals surface area contributed by atoms with E-state index in [4.69, 9.17) is 0 Å². The highest BCUT2D eigenvalue weighted by atomic mass is 79.9. The van der Waals surface area contributed by atoms with Crippen LogP contribution in [0.2, 0.25) is 0 Å². The number of alkyl halides is 1. The van der Waals surface area contributed by atoms with Gasteiger partial charge in [-0.3, -0.25) is 0 Å². The summed E-state index contributed by atoms with van der Waals surface area (Å²) >= 11 is 3.47. The van der Waals surface area contributed by atoms with Crippen LogP contribution >= 0.6 is 15.9 Å². The number of halogens is 1. The second-order valence-electron chi connectivity index (χ2n) is 7.56. The van der Waals surface area contributed by atoms with Crippen LogP contribution in [0.15, 0.2) is 11.6 Å². The first kappa shape index (κ1) is 21.2. The van der Waals surface area contributed by atoms with Gasteiger partial charge in [0.15, 0.2) is 0 Å². The third-order valence-electron chi connectivity index (χ3n) is 4.57. The minimum Gasteiger partial charge on any atom is -0.0883 e. The molecule has 0 amide bonds. The second-order valence-corrected chi connectivity index (χ2v) is 8.21. The summed E-state index contributed by atoms with van der Waals surface area (Å²) < 4.78 is 0. The van der Waals surface area contributed by atoms with E-state index < -0.39 is 0 Å². The Kier molecular flexibility index (Phi) is 14.0. The average molecular weight is 359 g/mol. The molecule has 0 spiro atoms. The molecule has 0 aromatic carbocycles. The molecule has 0 saturated carbocycles. The van der Waals surface area contributed by atoms with Crippen LogP contribution < -0.4 is 0 Å². The molecule has 0 radical (unpaired) electrons. The van der Waals surface area contributed by atoms with Crippen molar-refractivity contribution in [2.75, 3.05) is 5.33 Å². The molecule has 0 aromatic rings. The molecule has 126 valence electrons. The smallest absolute Gasteiger partial charge is 0.0214 e. The van der Waals surface area contributed by atoms with Gasteiger partial charge in [-0.2, -0.15) is 0 Å². The quantitative estimate of drug-likeness (QED) is 0.233. The molecule has 0 nitrogen and oxygen atoms in total. The molecule has 0 aliphatic heterocycles. The zero-order valence-corrected chi connectivity index (χ0v) is 16.8. The van der Waals surface area contributed by atoms with E-state index in [-0.39, 0.29) is 0 Å². The van der Waals surface area contributed by atoms with E-state index in [0.29, 0.717) is 0 Å². The van der Waals surface area contributed by atoms with Crippen molar-refractivity contribution in [3.8, 4) is 0 Å². The molecule has 0 aliphatic carbocycles. The van der Waals surface area contributed by atoms with Crippen molar-refractivity contribution in [1.82, 2.24) is 0 Å². The van der Waals surface area contributed by atoms with Crippen LogP contribution in [-0.2, 0) is 0 Å². The maximum Gasteiger partial charge on any atom is 0.0214 e. The SMILES string of the molecule is C/C(=C\CBr)CCC[C@@H](C)CCC[C@H](C)CCCC(C)C. The van der Waals surface area contributed by atoms with Crippen LogP contribution in [0.3, 0.4) is 0 Å². The Bertz CT molecular complexity index is 255. The van der Waals surface area contributed by atoms with Gasteiger partial charge in [0.25, 0.3) is 0 Å². The minimum atomic E-state index is 0.874. The van der Waals surface area contributed by atoms with Gasteiger partial charge in [0.05, 0.1) is 0 Å². The van der Waals surface area contributed by atoms with Gasteiger partial charge in [0.2, 0.25) is 0 Å². The summed E-state index contributed by atoms with van der Waals surface area (Å²) in [5, 5.41) is 1.00. The van der Waals surface area contributed by atoms with Gasteiger partial charge in [-0.15, -0.1) is 0 Å². The van der Waals surface area contributed by atoms with Crippen molar-refractivity contribution in [3.63, 3.8) is 0 Å². The summed E-state index contributed by atoms with van der Waals surface area (Å²) in [7, 11) is 0. The summed E-state index contributed by atoms with van der Waals surface area (Å²) in [6.07, 6.45) is 14.9. The Hall–Kier alpha value is 0.220. The molecule has 0 rings (SSSR count). The molecule has 0 N–H and O–H groups in total. The highest BCUT2D eigenvalue weighted by Crippen LogP contribution is 2.22. The van der Waals surface area contributed by atoms with Gasteiger partial charge in [-0.1, -0.05) is 100 Å². The van der Waals surface area contributed by atoms with Gasteiger partial charge in [-0.05, 0) is 37.5 Å². The molecular formula is C20H39Br. The molecule has 21 heavy (non-hydrogen) atoms. The van der Waals surface area contributed by atoms with E-state index in [1.54, 1.807) is 0 Å². The number of rotatable bonds is 13. The third-order valence-corrected chi connectivity index (χ3v) is 4.89. The topological polar surface area (TPSA) is 0 Å². The molecule has 0 saturated heterocycles. The molecule has 2 atom stereocenters. The van der Waals surface area contributed by atoms with Crippen molar-refractivity contribution in [2.24, 2.45) is 17.8 Å². The Labute approximate surface area is 143 Å². The minimum absolute atomic E-state index is 0.874. The van der Waals surface area contributed by atoms with Crippen LogP contribution in [0.1, 0.15) is 92.4 Å². The van der Waals surface area contributed by atoms with Crippen molar-refractivity contribution in [2.45, 2.75) is 92.4 Å². The van der Waals surface area contributed by atoms with Crippen molar-refractivity contribution in [1.29, 1.82) is 0 Å². The first-order valence-corrected chi connectivity index (χ1v) is 10.3. The lowest BCUT2D eigenvalue weighted by atomic mass is 9.91. The monoisotopic (exact) mass is 358 g/mol. The zero-order valence-electron chi connectivity index (χ0n) is 15.3. The molecule has 0 heterocycles. The van der Waals surface area contributed by atoms with E-state index in [0.717, 1.165) is 23.1 Å². The van der Waals surface area contributed by atoms with E-state index in [9.17, 15) is 0 Å². The maximum atomic E-state index is 3.47. The van der Waals surface area contributed by atoms with Gasteiger partial charge in [0, 0.05) is 5.33 Å². The molecule has 0 fully saturated rings. The Morgan fingerprint density at radius 2 is 1.29 bits per heavy atom. The third kappa shape index (κ3) is 14.9. The normalized spacial score (nSPS) is 15.5. The first-order chi connectivity index (χ1) is 9.95. The van der Waals surface area contributed by atoms with Crippen LogP contribution in [0, 0.1) is 17.8 Å². The van der Waals surface area contributed by atoms with Crippen molar-refractivity contribution >= 4 is 15.9 Å². The van der Waals surface area contributed by atoms with E-state index >= 15 is 0 Å². The summed E-state index contributed by atoms with van der Waals surface area (Å²) in [5.74, 6) is 2.71. The molecule has 1 heteroatoms. The number of allylic oxidation sites excluding steroid dienone is 2. The lowest BCUT2D eigenvalue weighted by Crippen LogP contribution is -2.00. The van der Waals surface area contributed by atoms with Crippen LogP contribution in [0.25, 0.3) is 0 Å². The standard InChI is InChI=1S/C20H39Br/c1-17(2)9-6-10-18(3)11-7-12-19(4)13-8-14-20(5)15-16-21/h15,17-19H,6-14,16H2,1-5H3/b20-15+/t18-,19+/m1/s1. The number of hydrogen-bond acceptors (Lipinski definition) is 0. The van der Waals surface area contributed by atoms with E-state index in [1.165, 1.54) is 63.4 Å². The summed E-state index contributed by atoms with van der Waals surface area (Å²) in [6, 6.07) is 0. The number of hydrogen-bond donors (Lipinski definition) is 0. The lowest BCUT2D eigenvalue weighted by Gasteiger charge is -2.15. The largest absolute Gasteiger partial charge is 0.0883 e. The first-order valence-electron chi connectivity index (χ1n) is 9.17. The molecular weight excluding hydrogens is 320 g/mol. The molecule has 0 aromatic heterocycles. The summed E-state index contributed by atoms with van der Waals surface area (Å²) in [6.45, 7) is 11.8. The average Bonchev–Trinajstić information content (AvgIpc) is 2.38. The fraction of sp³-hybridized carbons (Fsp3) is 0.900. The zero-order chi connectivity index (χ0) is 16.1.